The van der Waals surface area contributed by atoms with E-state index in [4.69, 9.17) is 0 Å². The number of hydrogen-bond donors (Lipinski definition) is 2. The van der Waals surface area contributed by atoms with Crippen LogP contribution in [-0.4, -0.2) is 24.9 Å². The van der Waals surface area contributed by atoms with Gasteiger partial charge in [-0.2, -0.15) is 0 Å². The van der Waals surface area contributed by atoms with Crippen LogP contribution < -0.4 is 10.6 Å². The van der Waals surface area contributed by atoms with E-state index in [0.29, 0.717) is 18.5 Å². The Bertz CT molecular complexity index is 684. The van der Waals surface area contributed by atoms with Gasteiger partial charge in [-0.3, -0.25) is 9.59 Å². The largest absolute Gasteiger partial charge is 0.354 e. The Labute approximate surface area is 134 Å². The lowest BCUT2D eigenvalue weighted by atomic mass is 10.1. The van der Waals surface area contributed by atoms with E-state index >= 15 is 0 Å². The maximum absolute atomic E-state index is 12.8. The zero-order valence-electron chi connectivity index (χ0n) is 12.9. The van der Waals surface area contributed by atoms with Crippen LogP contribution in [0.3, 0.4) is 0 Å². The molecular formula is C18H19FN2O2. The number of hydrogen-bond acceptors (Lipinski definition) is 2. The van der Waals surface area contributed by atoms with Crippen LogP contribution in [0.2, 0.25) is 0 Å². The molecule has 0 aliphatic carbocycles. The molecule has 0 fully saturated rings. The normalized spacial score (nSPS) is 10.2. The highest BCUT2D eigenvalue weighted by Gasteiger charge is 2.07. The van der Waals surface area contributed by atoms with E-state index in [-0.39, 0.29) is 24.2 Å². The predicted molar refractivity (Wildman–Crippen MR) is 86.6 cm³/mol. The molecule has 5 heteroatoms. The van der Waals surface area contributed by atoms with Crippen molar-refractivity contribution in [1.29, 1.82) is 0 Å². The SMILES string of the molecule is Cc1cccc(C(=O)NCC(=O)NCCc2ccc(F)cc2)c1. The smallest absolute Gasteiger partial charge is 0.251 e. The number of carbonyl (C=O) groups excluding carboxylic acids is 2. The van der Waals surface area contributed by atoms with Crippen LogP contribution >= 0.6 is 0 Å². The average molecular weight is 314 g/mol. The molecule has 0 heterocycles. The molecule has 0 bridgehead atoms. The van der Waals surface area contributed by atoms with Crippen LogP contribution in [0.1, 0.15) is 21.5 Å². The molecule has 2 N–H and O–H groups in total. The fourth-order valence-corrected chi connectivity index (χ4v) is 2.11. The highest BCUT2D eigenvalue weighted by molar-refractivity contribution is 5.96. The van der Waals surface area contributed by atoms with Gasteiger partial charge in [-0.25, -0.2) is 4.39 Å². The summed E-state index contributed by atoms with van der Waals surface area (Å²) in [7, 11) is 0. The van der Waals surface area contributed by atoms with E-state index in [1.807, 2.05) is 13.0 Å². The molecule has 0 unspecified atom stereocenters. The zero-order valence-corrected chi connectivity index (χ0v) is 12.9. The molecule has 0 radical (unpaired) electrons. The van der Waals surface area contributed by atoms with E-state index < -0.39 is 0 Å². The van der Waals surface area contributed by atoms with Crippen molar-refractivity contribution in [3.05, 3.63) is 71.0 Å². The number of rotatable bonds is 6. The molecule has 0 aliphatic heterocycles. The summed E-state index contributed by atoms with van der Waals surface area (Å²) in [4.78, 5) is 23.6. The van der Waals surface area contributed by atoms with E-state index in [2.05, 4.69) is 10.6 Å². The number of halogens is 1. The van der Waals surface area contributed by atoms with Crippen LogP contribution in [0.25, 0.3) is 0 Å². The lowest BCUT2D eigenvalue weighted by molar-refractivity contribution is -0.120. The van der Waals surface area contributed by atoms with Gasteiger partial charge in [-0.1, -0.05) is 29.8 Å². The Morgan fingerprint density at radius 3 is 2.48 bits per heavy atom. The first-order valence-electron chi connectivity index (χ1n) is 7.40. The summed E-state index contributed by atoms with van der Waals surface area (Å²) in [5.41, 5.74) is 2.46. The minimum Gasteiger partial charge on any atom is -0.354 e. The van der Waals surface area contributed by atoms with Crippen molar-refractivity contribution < 1.29 is 14.0 Å². The second kappa shape index (κ2) is 8.08. The van der Waals surface area contributed by atoms with E-state index in [1.54, 1.807) is 30.3 Å². The molecule has 2 aromatic rings. The lowest BCUT2D eigenvalue weighted by Crippen LogP contribution is -2.37. The maximum atomic E-state index is 12.8. The first-order valence-corrected chi connectivity index (χ1v) is 7.40. The molecule has 2 amide bonds. The minimum absolute atomic E-state index is 0.0732. The summed E-state index contributed by atoms with van der Waals surface area (Å²) in [5, 5.41) is 5.30. The van der Waals surface area contributed by atoms with Gasteiger partial charge in [0.05, 0.1) is 6.54 Å². The maximum Gasteiger partial charge on any atom is 0.251 e. The van der Waals surface area contributed by atoms with Gasteiger partial charge in [0.25, 0.3) is 5.91 Å². The van der Waals surface area contributed by atoms with Crippen molar-refractivity contribution in [3.8, 4) is 0 Å². The van der Waals surface area contributed by atoms with Crippen molar-refractivity contribution in [1.82, 2.24) is 10.6 Å². The van der Waals surface area contributed by atoms with Gasteiger partial charge in [-0.05, 0) is 43.2 Å². The molecule has 0 saturated carbocycles. The van der Waals surface area contributed by atoms with E-state index in [0.717, 1.165) is 11.1 Å². The third-order valence-corrected chi connectivity index (χ3v) is 3.34. The monoisotopic (exact) mass is 314 g/mol. The predicted octanol–water partition coefficient (Wildman–Crippen LogP) is 2.22. The fourth-order valence-electron chi connectivity index (χ4n) is 2.11. The summed E-state index contributed by atoms with van der Waals surface area (Å²) in [5.74, 6) is -0.813. The Kier molecular flexibility index (Phi) is 5.86. The second-order valence-corrected chi connectivity index (χ2v) is 5.28. The topological polar surface area (TPSA) is 58.2 Å². The van der Waals surface area contributed by atoms with Crippen molar-refractivity contribution in [3.63, 3.8) is 0 Å². The van der Waals surface area contributed by atoms with Crippen LogP contribution in [0.15, 0.2) is 48.5 Å². The second-order valence-electron chi connectivity index (χ2n) is 5.28. The first kappa shape index (κ1) is 16.7. The average Bonchev–Trinajstić information content (AvgIpc) is 2.54. The van der Waals surface area contributed by atoms with Gasteiger partial charge < -0.3 is 10.6 Å². The molecule has 2 aromatic carbocycles. The lowest BCUT2D eigenvalue weighted by Gasteiger charge is -2.07. The van der Waals surface area contributed by atoms with Crippen molar-refractivity contribution in [2.24, 2.45) is 0 Å². The third-order valence-electron chi connectivity index (χ3n) is 3.34. The number of nitrogens with one attached hydrogen (secondary N) is 2. The Morgan fingerprint density at radius 2 is 1.78 bits per heavy atom. The highest BCUT2D eigenvalue weighted by atomic mass is 19.1. The number of amides is 2. The standard InChI is InChI=1S/C18H19FN2O2/c1-13-3-2-4-15(11-13)18(23)21-12-17(22)20-10-9-14-5-7-16(19)8-6-14/h2-8,11H,9-10,12H2,1H3,(H,20,22)(H,21,23). The van der Waals surface area contributed by atoms with E-state index in [9.17, 15) is 14.0 Å². The Balaban J connectivity index is 1.70. The summed E-state index contributed by atoms with van der Waals surface area (Å²) in [6, 6.07) is 13.3. The number of carbonyl (C=O) groups is 2. The molecule has 0 atom stereocenters. The Hall–Kier alpha value is -2.69. The molecule has 23 heavy (non-hydrogen) atoms. The van der Waals surface area contributed by atoms with Crippen molar-refractivity contribution in [2.45, 2.75) is 13.3 Å². The quantitative estimate of drug-likeness (QED) is 0.859. The summed E-state index contributed by atoms with van der Waals surface area (Å²) in [6.07, 6.45) is 0.609. The summed E-state index contributed by atoms with van der Waals surface area (Å²) >= 11 is 0. The molecule has 0 saturated heterocycles. The highest BCUT2D eigenvalue weighted by Crippen LogP contribution is 2.04. The number of aryl methyl sites for hydroxylation is 1. The van der Waals surface area contributed by atoms with Gasteiger partial charge >= 0.3 is 0 Å². The summed E-state index contributed by atoms with van der Waals surface area (Å²) in [6.45, 7) is 2.26. The van der Waals surface area contributed by atoms with Crippen LogP contribution in [0, 0.1) is 12.7 Å². The molecule has 2 rings (SSSR count). The van der Waals surface area contributed by atoms with Gasteiger partial charge in [0.15, 0.2) is 0 Å². The van der Waals surface area contributed by atoms with Gasteiger partial charge in [0, 0.05) is 12.1 Å². The van der Waals surface area contributed by atoms with Gasteiger partial charge in [-0.15, -0.1) is 0 Å². The zero-order chi connectivity index (χ0) is 16.7. The van der Waals surface area contributed by atoms with Crippen LogP contribution in [-0.2, 0) is 11.2 Å². The van der Waals surface area contributed by atoms with Crippen LogP contribution in [0.5, 0.6) is 0 Å². The summed E-state index contributed by atoms with van der Waals surface area (Å²) < 4.78 is 12.8. The van der Waals surface area contributed by atoms with Crippen LogP contribution in [0.4, 0.5) is 4.39 Å². The molecule has 4 nitrogen and oxygen atoms in total. The first-order chi connectivity index (χ1) is 11.0. The Morgan fingerprint density at radius 1 is 1.04 bits per heavy atom. The molecule has 0 spiro atoms. The van der Waals surface area contributed by atoms with Gasteiger partial charge in [0.1, 0.15) is 5.82 Å². The molecule has 0 aliphatic rings. The van der Waals surface area contributed by atoms with Gasteiger partial charge in [0.2, 0.25) is 5.91 Å². The number of benzene rings is 2. The molecule has 120 valence electrons. The van der Waals surface area contributed by atoms with E-state index in [1.165, 1.54) is 12.1 Å². The van der Waals surface area contributed by atoms with Crippen molar-refractivity contribution >= 4 is 11.8 Å². The minimum atomic E-state index is -0.281. The molecule has 0 aromatic heterocycles. The van der Waals surface area contributed by atoms with Crippen molar-refractivity contribution in [2.75, 3.05) is 13.1 Å². The third kappa shape index (κ3) is 5.54. The molecular weight excluding hydrogens is 295 g/mol. The fraction of sp³-hybridized carbons (Fsp3) is 0.222.